The van der Waals surface area contributed by atoms with Gasteiger partial charge in [0.05, 0.1) is 4.87 Å². The third-order valence-corrected chi connectivity index (χ3v) is 4.02. The molecule has 80 valence electrons. The Morgan fingerprint density at radius 3 is 2.14 bits per heavy atom. The lowest BCUT2D eigenvalue weighted by atomic mass is 10.0. The van der Waals surface area contributed by atoms with Crippen molar-refractivity contribution < 1.29 is 9.59 Å². The highest BCUT2D eigenvalue weighted by Crippen LogP contribution is 2.50. The normalized spacial score (nSPS) is 28.9. The molecule has 1 heterocycles. The van der Waals surface area contributed by atoms with E-state index in [4.69, 9.17) is 0 Å². The van der Waals surface area contributed by atoms with Crippen LogP contribution in [0.1, 0.15) is 34.6 Å². The SMILES string of the molecule is CC(=O)N1[C@H](C=O)C(C)(C)SC1(C)C. The lowest BCUT2D eigenvalue weighted by Gasteiger charge is -2.32. The predicted molar refractivity (Wildman–Crippen MR) is 58.1 cm³/mol. The van der Waals surface area contributed by atoms with Crippen LogP contribution in [-0.4, -0.2) is 32.8 Å². The second-order valence-electron chi connectivity index (χ2n) is 4.62. The van der Waals surface area contributed by atoms with Gasteiger partial charge in [-0.05, 0) is 27.7 Å². The minimum atomic E-state index is -0.319. The number of carbonyl (C=O) groups is 2. The summed E-state index contributed by atoms with van der Waals surface area (Å²) >= 11 is 1.67. The molecule has 0 radical (unpaired) electrons. The molecule has 0 aliphatic carbocycles. The largest absolute Gasteiger partial charge is 0.318 e. The van der Waals surface area contributed by atoms with Crippen molar-refractivity contribution in [1.82, 2.24) is 4.90 Å². The van der Waals surface area contributed by atoms with Gasteiger partial charge in [-0.1, -0.05) is 0 Å². The summed E-state index contributed by atoms with van der Waals surface area (Å²) in [6.45, 7) is 9.47. The van der Waals surface area contributed by atoms with Crippen molar-refractivity contribution in [3.63, 3.8) is 0 Å². The summed E-state index contributed by atoms with van der Waals surface area (Å²) in [6.07, 6.45) is 0.878. The van der Waals surface area contributed by atoms with Crippen LogP contribution in [0, 0.1) is 0 Å². The van der Waals surface area contributed by atoms with Crippen LogP contribution in [0.3, 0.4) is 0 Å². The molecule has 14 heavy (non-hydrogen) atoms. The van der Waals surface area contributed by atoms with Crippen LogP contribution >= 0.6 is 11.8 Å². The number of rotatable bonds is 1. The third kappa shape index (κ3) is 1.67. The van der Waals surface area contributed by atoms with Crippen molar-refractivity contribution in [2.75, 3.05) is 0 Å². The van der Waals surface area contributed by atoms with Gasteiger partial charge in [-0.3, -0.25) is 4.79 Å². The zero-order valence-corrected chi connectivity index (χ0v) is 10.1. The molecule has 1 rings (SSSR count). The summed E-state index contributed by atoms with van der Waals surface area (Å²) in [5.41, 5.74) is 0. The summed E-state index contributed by atoms with van der Waals surface area (Å²) in [5.74, 6) is -0.0369. The minimum absolute atomic E-state index is 0.0369. The van der Waals surface area contributed by atoms with E-state index in [2.05, 4.69) is 0 Å². The molecule has 3 nitrogen and oxygen atoms in total. The third-order valence-electron chi connectivity index (χ3n) is 2.55. The van der Waals surface area contributed by atoms with Gasteiger partial charge >= 0.3 is 0 Å². The summed E-state index contributed by atoms with van der Waals surface area (Å²) in [6, 6.07) is -0.319. The molecule has 4 heteroatoms. The maximum absolute atomic E-state index is 11.5. The smallest absolute Gasteiger partial charge is 0.221 e. The Kier molecular flexibility index (Phi) is 2.69. The van der Waals surface area contributed by atoms with Crippen molar-refractivity contribution in [2.45, 2.75) is 50.3 Å². The molecule has 1 amide bonds. The number of carbonyl (C=O) groups excluding carboxylic acids is 2. The second-order valence-corrected chi connectivity index (χ2v) is 6.88. The van der Waals surface area contributed by atoms with Crippen LogP contribution in [-0.2, 0) is 9.59 Å². The molecule has 0 unspecified atom stereocenters. The van der Waals surface area contributed by atoms with Crippen molar-refractivity contribution in [2.24, 2.45) is 0 Å². The molecule has 0 aromatic rings. The molecular weight excluding hydrogens is 198 g/mol. The number of hydrogen-bond donors (Lipinski definition) is 0. The van der Waals surface area contributed by atoms with E-state index in [0.29, 0.717) is 0 Å². The van der Waals surface area contributed by atoms with Crippen molar-refractivity contribution in [3.05, 3.63) is 0 Å². The van der Waals surface area contributed by atoms with Crippen molar-refractivity contribution in [3.8, 4) is 0 Å². The first kappa shape index (κ1) is 11.6. The van der Waals surface area contributed by atoms with E-state index < -0.39 is 0 Å². The van der Waals surface area contributed by atoms with Crippen LogP contribution in [0.15, 0.2) is 0 Å². The minimum Gasteiger partial charge on any atom is -0.318 e. The Balaban J connectivity index is 3.12. The maximum Gasteiger partial charge on any atom is 0.221 e. The van der Waals surface area contributed by atoms with E-state index in [1.807, 2.05) is 27.7 Å². The zero-order chi connectivity index (χ0) is 11.1. The van der Waals surface area contributed by atoms with Crippen LogP contribution in [0.25, 0.3) is 0 Å². The van der Waals surface area contributed by atoms with Gasteiger partial charge in [0.1, 0.15) is 12.3 Å². The van der Waals surface area contributed by atoms with Crippen LogP contribution in [0.2, 0.25) is 0 Å². The summed E-state index contributed by atoms with van der Waals surface area (Å²) < 4.78 is -0.198. The van der Waals surface area contributed by atoms with E-state index in [0.717, 1.165) is 6.29 Å². The molecule has 0 aromatic carbocycles. The van der Waals surface area contributed by atoms with E-state index in [1.54, 1.807) is 16.7 Å². The molecule has 1 saturated heterocycles. The first-order valence-corrected chi connectivity index (χ1v) is 5.49. The molecule has 0 saturated carbocycles. The molecular formula is C10H17NO2S. The molecule has 0 spiro atoms. The first-order valence-electron chi connectivity index (χ1n) is 4.68. The summed E-state index contributed by atoms with van der Waals surface area (Å²) in [4.78, 5) is 23.9. The van der Waals surface area contributed by atoms with Crippen molar-refractivity contribution in [1.29, 1.82) is 0 Å². The number of nitrogens with zero attached hydrogens (tertiary/aromatic N) is 1. The molecule has 1 atom stereocenters. The van der Waals surface area contributed by atoms with Gasteiger partial charge in [-0.15, -0.1) is 11.8 Å². The van der Waals surface area contributed by atoms with Gasteiger partial charge < -0.3 is 9.69 Å². The average Bonchev–Trinajstić information content (AvgIpc) is 2.13. The molecule has 0 N–H and O–H groups in total. The standard InChI is InChI=1S/C10H17NO2S/c1-7(13)11-8(6-12)9(2,3)14-10(11,4)5/h6,8H,1-5H3/t8-/m1/s1. The van der Waals surface area contributed by atoms with E-state index >= 15 is 0 Å². The quantitative estimate of drug-likeness (QED) is 0.624. The Bertz CT molecular complexity index is 273. The molecule has 1 aliphatic rings. The Morgan fingerprint density at radius 1 is 1.36 bits per heavy atom. The monoisotopic (exact) mass is 215 g/mol. The highest BCUT2D eigenvalue weighted by molar-refractivity contribution is 8.02. The van der Waals surface area contributed by atoms with Gasteiger partial charge in [-0.2, -0.15) is 0 Å². The molecule has 0 bridgehead atoms. The zero-order valence-electron chi connectivity index (χ0n) is 9.33. The van der Waals surface area contributed by atoms with Gasteiger partial charge in [0.15, 0.2) is 0 Å². The summed E-state index contributed by atoms with van der Waals surface area (Å²) in [7, 11) is 0. The Morgan fingerprint density at radius 2 is 1.86 bits per heavy atom. The van der Waals surface area contributed by atoms with Crippen molar-refractivity contribution >= 4 is 24.0 Å². The second kappa shape index (κ2) is 3.26. The fourth-order valence-corrected chi connectivity index (χ4v) is 4.11. The molecule has 1 aliphatic heterocycles. The Hall–Kier alpha value is -0.510. The van der Waals surface area contributed by atoms with Gasteiger partial charge in [-0.25, -0.2) is 0 Å². The van der Waals surface area contributed by atoms with Gasteiger partial charge in [0.25, 0.3) is 0 Å². The Labute approximate surface area is 89.2 Å². The first-order chi connectivity index (χ1) is 6.22. The maximum atomic E-state index is 11.5. The number of hydrogen-bond acceptors (Lipinski definition) is 3. The van der Waals surface area contributed by atoms with Crippen LogP contribution in [0.4, 0.5) is 0 Å². The highest BCUT2D eigenvalue weighted by Gasteiger charge is 2.52. The average molecular weight is 215 g/mol. The molecule has 1 fully saturated rings. The fraction of sp³-hybridized carbons (Fsp3) is 0.800. The summed E-state index contributed by atoms with van der Waals surface area (Å²) in [5, 5.41) is 0. The highest BCUT2D eigenvalue weighted by atomic mass is 32.2. The lowest BCUT2D eigenvalue weighted by Crippen LogP contribution is -2.49. The predicted octanol–water partition coefficient (Wildman–Crippen LogP) is 1.66. The van der Waals surface area contributed by atoms with E-state index in [-0.39, 0.29) is 21.6 Å². The molecule has 0 aromatic heterocycles. The number of thioether (sulfide) groups is 1. The van der Waals surface area contributed by atoms with Crippen LogP contribution < -0.4 is 0 Å². The fourth-order valence-electron chi connectivity index (χ4n) is 2.20. The van der Waals surface area contributed by atoms with Gasteiger partial charge in [0, 0.05) is 11.7 Å². The van der Waals surface area contributed by atoms with Crippen LogP contribution in [0.5, 0.6) is 0 Å². The van der Waals surface area contributed by atoms with E-state index in [9.17, 15) is 9.59 Å². The lowest BCUT2D eigenvalue weighted by molar-refractivity contribution is -0.136. The van der Waals surface area contributed by atoms with Gasteiger partial charge in [0.2, 0.25) is 5.91 Å². The topological polar surface area (TPSA) is 37.4 Å². The van der Waals surface area contributed by atoms with E-state index in [1.165, 1.54) is 6.92 Å². The number of amides is 1. The number of aldehydes is 1.